The van der Waals surface area contributed by atoms with Gasteiger partial charge in [-0.1, -0.05) is 42.5 Å². The smallest absolute Gasteiger partial charge is 0.343 e. The number of hydrogen-bond donors (Lipinski definition) is 2. The average Bonchev–Trinajstić information content (AvgIpc) is 3.37. The van der Waals surface area contributed by atoms with Gasteiger partial charge >= 0.3 is 5.97 Å². The second-order valence-electron chi connectivity index (χ2n) is 8.08. The number of rotatable bonds is 6. The van der Waals surface area contributed by atoms with Gasteiger partial charge in [0.1, 0.15) is 12.4 Å². The Balaban J connectivity index is 1.50. The van der Waals surface area contributed by atoms with Crippen LogP contribution in [0.5, 0.6) is 11.5 Å². The molecule has 0 fully saturated rings. The zero-order chi connectivity index (χ0) is 25.1. The van der Waals surface area contributed by atoms with Crippen molar-refractivity contribution in [2.45, 2.75) is 13.0 Å². The van der Waals surface area contributed by atoms with E-state index in [1.54, 1.807) is 47.1 Å². The van der Waals surface area contributed by atoms with Gasteiger partial charge in [-0.05, 0) is 48.9 Å². The van der Waals surface area contributed by atoms with Gasteiger partial charge in [-0.3, -0.25) is 4.79 Å². The minimum Gasteiger partial charge on any atom is -0.493 e. The molecule has 1 aliphatic heterocycles. The van der Waals surface area contributed by atoms with Crippen LogP contribution in [0.1, 0.15) is 28.9 Å². The molecular weight excluding hydrogens is 458 g/mol. The first-order valence-corrected chi connectivity index (χ1v) is 11.2. The van der Waals surface area contributed by atoms with Crippen molar-refractivity contribution in [1.82, 2.24) is 14.8 Å². The Bertz CT molecular complexity index is 1450. The molecule has 0 spiro atoms. The Morgan fingerprint density at radius 2 is 1.69 bits per heavy atom. The summed E-state index contributed by atoms with van der Waals surface area (Å²) >= 11 is 0. The predicted octanol–water partition coefficient (Wildman–Crippen LogP) is 4.43. The van der Waals surface area contributed by atoms with Crippen LogP contribution in [0, 0.1) is 0 Å². The minimum atomic E-state index is -0.597. The van der Waals surface area contributed by atoms with E-state index in [4.69, 9.17) is 9.47 Å². The molecule has 0 saturated heterocycles. The van der Waals surface area contributed by atoms with Crippen molar-refractivity contribution in [2.24, 2.45) is 0 Å². The number of carbonyl (C=O) groups excluding carboxylic acids is 2. The molecule has 180 valence electrons. The number of esters is 1. The number of nitrogens with zero attached hydrogens (tertiary/aromatic N) is 3. The molecule has 0 unspecified atom stereocenters. The molecule has 2 N–H and O–H groups in total. The van der Waals surface area contributed by atoms with Gasteiger partial charge in [-0.15, -0.1) is 0 Å². The molecule has 1 aromatic heterocycles. The van der Waals surface area contributed by atoms with Gasteiger partial charge in [0.15, 0.2) is 11.5 Å². The van der Waals surface area contributed by atoms with E-state index in [0.29, 0.717) is 39.8 Å². The maximum absolute atomic E-state index is 13.4. The normalized spacial score (nSPS) is 14.4. The predicted molar refractivity (Wildman–Crippen MR) is 134 cm³/mol. The lowest BCUT2D eigenvalue weighted by Crippen LogP contribution is -2.31. The van der Waals surface area contributed by atoms with E-state index >= 15 is 0 Å². The van der Waals surface area contributed by atoms with Crippen molar-refractivity contribution in [2.75, 3.05) is 17.7 Å². The number of nitrogens with one attached hydrogen (secondary N) is 2. The first-order chi connectivity index (χ1) is 17.5. The highest BCUT2D eigenvalue weighted by atomic mass is 16.6. The second-order valence-corrected chi connectivity index (χ2v) is 8.08. The van der Waals surface area contributed by atoms with Crippen LogP contribution < -0.4 is 20.1 Å². The van der Waals surface area contributed by atoms with Crippen LogP contribution in [0.4, 0.5) is 11.6 Å². The van der Waals surface area contributed by atoms with Gasteiger partial charge in [0, 0.05) is 11.4 Å². The van der Waals surface area contributed by atoms with Crippen LogP contribution in [0.3, 0.4) is 0 Å². The SMILES string of the molecule is COc1cc([C@H]2C(C(=O)Nc3ccccc3)=C(C)Nc3ncnn32)ccc1OC(=O)c1ccccc1. The zero-order valence-electron chi connectivity index (χ0n) is 19.6. The van der Waals surface area contributed by atoms with E-state index in [1.807, 2.05) is 43.3 Å². The van der Waals surface area contributed by atoms with Crippen molar-refractivity contribution < 1.29 is 19.1 Å². The number of anilines is 2. The fourth-order valence-corrected chi connectivity index (χ4v) is 4.08. The number of aromatic nitrogens is 3. The molecule has 1 aliphatic rings. The number of ether oxygens (including phenoxy) is 2. The lowest BCUT2D eigenvalue weighted by molar-refractivity contribution is -0.113. The molecule has 9 heteroatoms. The van der Waals surface area contributed by atoms with Crippen LogP contribution in [0.2, 0.25) is 0 Å². The number of hydrogen-bond acceptors (Lipinski definition) is 7. The van der Waals surface area contributed by atoms with Gasteiger partial charge in [-0.2, -0.15) is 10.1 Å². The Kier molecular flexibility index (Phi) is 6.19. The number of fused-ring (bicyclic) bond motifs is 1. The summed E-state index contributed by atoms with van der Waals surface area (Å²) in [6, 6.07) is 22.5. The third-order valence-electron chi connectivity index (χ3n) is 5.79. The molecule has 5 rings (SSSR count). The van der Waals surface area contributed by atoms with E-state index < -0.39 is 12.0 Å². The Morgan fingerprint density at radius 3 is 2.42 bits per heavy atom. The maximum Gasteiger partial charge on any atom is 0.343 e. The molecule has 0 radical (unpaired) electrons. The number of amides is 1. The molecule has 9 nitrogen and oxygen atoms in total. The van der Waals surface area contributed by atoms with Crippen molar-refractivity contribution in [3.8, 4) is 11.5 Å². The highest BCUT2D eigenvalue weighted by molar-refractivity contribution is 6.06. The Morgan fingerprint density at radius 1 is 0.972 bits per heavy atom. The molecule has 36 heavy (non-hydrogen) atoms. The minimum absolute atomic E-state index is 0.263. The van der Waals surface area contributed by atoms with Crippen LogP contribution in [0.25, 0.3) is 0 Å². The second kappa shape index (κ2) is 9.75. The Hall–Kier alpha value is -4.92. The van der Waals surface area contributed by atoms with Crippen molar-refractivity contribution in [3.63, 3.8) is 0 Å². The third kappa shape index (κ3) is 4.41. The highest BCUT2D eigenvalue weighted by Gasteiger charge is 2.34. The van der Waals surface area contributed by atoms with E-state index in [-0.39, 0.29) is 11.7 Å². The van der Waals surface area contributed by atoms with E-state index in [2.05, 4.69) is 20.7 Å². The molecule has 0 saturated carbocycles. The lowest BCUT2D eigenvalue weighted by Gasteiger charge is -2.29. The number of allylic oxidation sites excluding steroid dienone is 1. The van der Waals surface area contributed by atoms with E-state index in [1.165, 1.54) is 13.4 Å². The van der Waals surface area contributed by atoms with Crippen LogP contribution >= 0.6 is 0 Å². The molecule has 3 aromatic carbocycles. The summed E-state index contributed by atoms with van der Waals surface area (Å²) in [5.41, 5.74) is 2.91. The molecule has 0 bridgehead atoms. The first kappa shape index (κ1) is 22.9. The summed E-state index contributed by atoms with van der Waals surface area (Å²) < 4.78 is 12.8. The summed E-state index contributed by atoms with van der Waals surface area (Å²) in [5.74, 6) is 0.334. The quantitative estimate of drug-likeness (QED) is 0.310. The zero-order valence-corrected chi connectivity index (χ0v) is 19.6. The number of methoxy groups -OCH3 is 1. The number of para-hydroxylation sites is 1. The molecule has 1 amide bonds. The van der Waals surface area contributed by atoms with Gasteiger partial charge in [-0.25, -0.2) is 9.48 Å². The van der Waals surface area contributed by atoms with Gasteiger partial charge in [0.05, 0.1) is 18.2 Å². The fourth-order valence-electron chi connectivity index (χ4n) is 4.08. The maximum atomic E-state index is 13.4. The summed E-state index contributed by atoms with van der Waals surface area (Å²) in [5, 5.41) is 10.5. The van der Waals surface area contributed by atoms with Crippen LogP contribution in [0.15, 0.2) is 96.5 Å². The standard InChI is InChI=1S/C27H23N5O4/c1-17-23(25(33)31-20-11-7-4-8-12-20)24(32-27(30-17)28-16-29-32)19-13-14-21(22(15-19)35-2)36-26(34)18-9-5-3-6-10-18/h3-16,24H,1-2H3,(H,31,33)(H,28,29,30)/t24-/m0/s1. The van der Waals surface area contributed by atoms with Crippen LogP contribution in [-0.2, 0) is 4.79 Å². The topological polar surface area (TPSA) is 107 Å². The first-order valence-electron chi connectivity index (χ1n) is 11.2. The monoisotopic (exact) mass is 481 g/mol. The van der Waals surface area contributed by atoms with Crippen molar-refractivity contribution in [3.05, 3.63) is 108 Å². The summed E-state index contributed by atoms with van der Waals surface area (Å²) in [6.45, 7) is 1.82. The van der Waals surface area contributed by atoms with E-state index in [0.717, 1.165) is 0 Å². The molecule has 0 aliphatic carbocycles. The van der Waals surface area contributed by atoms with Gasteiger partial charge in [0.25, 0.3) is 5.91 Å². The third-order valence-corrected chi connectivity index (χ3v) is 5.79. The number of benzene rings is 3. The van der Waals surface area contributed by atoms with E-state index in [9.17, 15) is 9.59 Å². The molecule has 1 atom stereocenters. The highest BCUT2D eigenvalue weighted by Crippen LogP contribution is 2.39. The largest absolute Gasteiger partial charge is 0.493 e. The fraction of sp³-hybridized carbons (Fsp3) is 0.111. The summed E-state index contributed by atoms with van der Waals surface area (Å²) in [7, 11) is 1.49. The van der Waals surface area contributed by atoms with Crippen molar-refractivity contribution >= 4 is 23.5 Å². The lowest BCUT2D eigenvalue weighted by atomic mass is 9.94. The summed E-state index contributed by atoms with van der Waals surface area (Å²) in [6.07, 6.45) is 1.42. The average molecular weight is 482 g/mol. The van der Waals surface area contributed by atoms with Gasteiger partial charge < -0.3 is 20.1 Å². The summed E-state index contributed by atoms with van der Waals surface area (Å²) in [4.78, 5) is 30.3. The number of carbonyl (C=O) groups is 2. The Labute approximate surface area is 207 Å². The molecular formula is C27H23N5O4. The van der Waals surface area contributed by atoms with Crippen molar-refractivity contribution in [1.29, 1.82) is 0 Å². The molecule has 4 aromatic rings. The molecule has 2 heterocycles. The van der Waals surface area contributed by atoms with Gasteiger partial charge in [0.2, 0.25) is 5.95 Å². The van der Waals surface area contributed by atoms with Crippen LogP contribution in [-0.4, -0.2) is 33.8 Å².